The molecule has 2 fully saturated rings. The molecule has 2 aliphatic heterocycles. The number of ether oxygens (including phenoxy) is 2. The lowest BCUT2D eigenvalue weighted by molar-refractivity contribution is -0.0988. The molecule has 3 heterocycles. The lowest BCUT2D eigenvalue weighted by atomic mass is 10.0. The molecule has 36 heavy (non-hydrogen) atoms. The van der Waals surface area contributed by atoms with Crippen LogP contribution >= 0.6 is 0 Å². The molecule has 10 heteroatoms. The number of hydrogen-bond acceptors (Lipinski definition) is 5. The van der Waals surface area contributed by atoms with Gasteiger partial charge in [0.25, 0.3) is 11.8 Å². The van der Waals surface area contributed by atoms with Crippen LogP contribution in [0.4, 0.5) is 8.78 Å². The van der Waals surface area contributed by atoms with Crippen molar-refractivity contribution in [2.24, 2.45) is 11.8 Å². The monoisotopic (exact) mass is 501 g/mol. The highest BCUT2D eigenvalue weighted by atomic mass is 19.1. The van der Waals surface area contributed by atoms with Crippen LogP contribution in [0, 0.1) is 23.5 Å². The second kappa shape index (κ2) is 8.99. The number of rotatable bonds is 5. The number of carbonyl (C=O) groups is 2. The first-order chi connectivity index (χ1) is 17.2. The van der Waals surface area contributed by atoms with Crippen molar-refractivity contribution >= 4 is 11.8 Å². The largest absolute Gasteiger partial charge is 0.491 e. The van der Waals surface area contributed by atoms with Crippen molar-refractivity contribution < 1.29 is 27.8 Å². The summed E-state index contributed by atoms with van der Waals surface area (Å²) in [5, 5.41) is 2.59. The number of nitrogens with zero attached hydrogens (tertiary/aromatic N) is 2. The van der Waals surface area contributed by atoms with Gasteiger partial charge in [0, 0.05) is 23.9 Å². The molecular weight excluding hydrogens is 472 g/mol. The van der Waals surface area contributed by atoms with Crippen molar-refractivity contribution in [3.63, 3.8) is 0 Å². The van der Waals surface area contributed by atoms with E-state index < -0.39 is 35.2 Å². The molecule has 1 aromatic carbocycles. The third kappa shape index (κ3) is 3.87. The van der Waals surface area contributed by atoms with Gasteiger partial charge in [0.2, 0.25) is 5.43 Å². The van der Waals surface area contributed by atoms with Crippen LogP contribution in [-0.2, 0) is 11.3 Å². The Balaban J connectivity index is 1.50. The summed E-state index contributed by atoms with van der Waals surface area (Å²) >= 11 is 0. The predicted octanol–water partition coefficient (Wildman–Crippen LogP) is 3.24. The van der Waals surface area contributed by atoms with Gasteiger partial charge in [-0.1, -0.05) is 13.0 Å². The summed E-state index contributed by atoms with van der Waals surface area (Å²) in [6, 6.07) is 2.22. The summed E-state index contributed by atoms with van der Waals surface area (Å²) in [5.74, 6) is -2.12. The second-order valence-electron chi connectivity index (χ2n) is 9.81. The van der Waals surface area contributed by atoms with E-state index in [4.69, 9.17) is 9.47 Å². The van der Waals surface area contributed by atoms with Gasteiger partial charge in [-0.25, -0.2) is 8.78 Å². The van der Waals surface area contributed by atoms with Gasteiger partial charge in [0.15, 0.2) is 17.7 Å². The minimum atomic E-state index is -0.843. The number of aromatic nitrogens is 1. The number of amides is 2. The SMILES string of the molecule is CCC1[C@H]2C[C@H]2C(C)O[C@@H]2Cn3cc(C(=O)N[C@H](C)c4ccc(F)cc4F)c(=O)c(OC)c3C(=O)N12. The zero-order chi connectivity index (χ0) is 25.9. The molecule has 5 rings (SSSR count). The average Bonchev–Trinajstić information content (AvgIpc) is 3.62. The van der Waals surface area contributed by atoms with Gasteiger partial charge in [-0.15, -0.1) is 0 Å². The standard InChI is InChI=1S/C26H29F2N3O5/c1-5-20-17-9-16(17)13(3)36-21-11-30-10-18(23(32)24(35-4)22(30)26(34)31(20)21)25(33)29-12(2)15-7-6-14(27)8-19(15)28/h6-8,10,12-13,16-17,20-21H,5,9,11H2,1-4H3,(H,29,33)/t12-,13?,16+,17+,20?,21-/m1/s1. The number of benzene rings is 1. The molecule has 192 valence electrons. The first kappa shape index (κ1) is 24.4. The van der Waals surface area contributed by atoms with Crippen LogP contribution < -0.4 is 15.5 Å². The number of nitrogens with one attached hydrogen (secondary N) is 1. The zero-order valence-corrected chi connectivity index (χ0v) is 20.6. The second-order valence-corrected chi connectivity index (χ2v) is 9.81. The maximum Gasteiger partial charge on any atom is 0.276 e. The van der Waals surface area contributed by atoms with Crippen molar-refractivity contribution in [3.05, 3.63) is 63.1 Å². The van der Waals surface area contributed by atoms with Crippen molar-refractivity contribution in [1.29, 1.82) is 0 Å². The Morgan fingerprint density at radius 1 is 1.28 bits per heavy atom. The van der Waals surface area contributed by atoms with E-state index in [9.17, 15) is 23.2 Å². The van der Waals surface area contributed by atoms with Gasteiger partial charge in [-0.3, -0.25) is 14.4 Å². The fraction of sp³-hybridized carbons (Fsp3) is 0.500. The molecule has 6 atom stereocenters. The lowest BCUT2D eigenvalue weighted by Gasteiger charge is -2.41. The van der Waals surface area contributed by atoms with Crippen LogP contribution in [0.5, 0.6) is 5.75 Å². The highest BCUT2D eigenvalue weighted by Gasteiger charge is 2.55. The molecule has 2 aromatic rings. The van der Waals surface area contributed by atoms with Crippen LogP contribution in [0.1, 0.15) is 66.1 Å². The summed E-state index contributed by atoms with van der Waals surface area (Å²) in [7, 11) is 1.28. The smallest absolute Gasteiger partial charge is 0.276 e. The van der Waals surface area contributed by atoms with E-state index in [1.165, 1.54) is 30.9 Å². The molecule has 1 N–H and O–H groups in total. The van der Waals surface area contributed by atoms with Gasteiger partial charge < -0.3 is 24.3 Å². The Hall–Kier alpha value is -3.27. The van der Waals surface area contributed by atoms with Crippen LogP contribution in [0.2, 0.25) is 0 Å². The predicted molar refractivity (Wildman–Crippen MR) is 126 cm³/mol. The summed E-state index contributed by atoms with van der Waals surface area (Å²) in [6.45, 7) is 5.82. The van der Waals surface area contributed by atoms with Crippen molar-refractivity contribution in [1.82, 2.24) is 14.8 Å². The molecule has 3 aliphatic rings. The normalized spacial score (nSPS) is 27.3. The van der Waals surface area contributed by atoms with Crippen LogP contribution in [0.15, 0.2) is 29.2 Å². The number of halogens is 2. The van der Waals surface area contributed by atoms with E-state index in [1.807, 2.05) is 13.8 Å². The molecule has 0 bridgehead atoms. The molecule has 1 aliphatic carbocycles. The van der Waals surface area contributed by atoms with E-state index in [1.54, 1.807) is 4.90 Å². The number of methoxy groups -OCH3 is 1. The van der Waals surface area contributed by atoms with Gasteiger partial charge in [0.05, 0.1) is 25.8 Å². The Bertz CT molecular complexity index is 1300. The minimum Gasteiger partial charge on any atom is -0.491 e. The molecular formula is C26H29F2N3O5. The highest BCUT2D eigenvalue weighted by Crippen LogP contribution is 2.51. The molecule has 2 unspecified atom stereocenters. The molecule has 2 amide bonds. The molecule has 1 saturated carbocycles. The molecule has 8 nitrogen and oxygen atoms in total. The van der Waals surface area contributed by atoms with E-state index >= 15 is 0 Å². The van der Waals surface area contributed by atoms with Gasteiger partial charge in [-0.05, 0) is 44.6 Å². The lowest BCUT2D eigenvalue weighted by Crippen LogP contribution is -2.55. The van der Waals surface area contributed by atoms with E-state index in [0.29, 0.717) is 11.8 Å². The van der Waals surface area contributed by atoms with Gasteiger partial charge in [0.1, 0.15) is 17.2 Å². The van der Waals surface area contributed by atoms with Crippen molar-refractivity contribution in [2.75, 3.05) is 7.11 Å². The maximum atomic E-state index is 14.2. The molecule has 1 aromatic heterocycles. The Morgan fingerprint density at radius 3 is 2.69 bits per heavy atom. The highest BCUT2D eigenvalue weighted by molar-refractivity contribution is 5.99. The third-order valence-electron chi connectivity index (χ3n) is 7.70. The summed E-state index contributed by atoms with van der Waals surface area (Å²) < 4.78 is 40.7. The van der Waals surface area contributed by atoms with Crippen molar-refractivity contribution in [3.8, 4) is 5.75 Å². The molecule has 0 radical (unpaired) electrons. The quantitative estimate of drug-likeness (QED) is 0.680. The minimum absolute atomic E-state index is 0.000406. The third-order valence-corrected chi connectivity index (χ3v) is 7.70. The van der Waals surface area contributed by atoms with Crippen LogP contribution in [-0.4, -0.2) is 46.8 Å². The molecule has 1 saturated heterocycles. The summed E-state index contributed by atoms with van der Waals surface area (Å²) in [6.07, 6.45) is 2.56. The Labute approximate surface area is 207 Å². The first-order valence-electron chi connectivity index (χ1n) is 12.2. The Morgan fingerprint density at radius 2 is 2.03 bits per heavy atom. The maximum absolute atomic E-state index is 14.2. The Kier molecular flexibility index (Phi) is 6.10. The number of hydrogen-bond donors (Lipinski definition) is 1. The number of carbonyl (C=O) groups excluding carboxylic acids is 2. The van der Waals surface area contributed by atoms with Gasteiger partial charge in [-0.2, -0.15) is 0 Å². The fourth-order valence-electron chi connectivity index (χ4n) is 5.81. The summed E-state index contributed by atoms with van der Waals surface area (Å²) in [4.78, 5) is 41.8. The zero-order valence-electron chi connectivity index (χ0n) is 20.6. The van der Waals surface area contributed by atoms with Gasteiger partial charge >= 0.3 is 0 Å². The fourth-order valence-corrected chi connectivity index (χ4v) is 5.81. The topological polar surface area (TPSA) is 89.9 Å². The van der Waals surface area contributed by atoms with Crippen LogP contribution in [0.3, 0.4) is 0 Å². The number of fused-ring (bicyclic) bond motifs is 3. The van der Waals surface area contributed by atoms with Crippen LogP contribution in [0.25, 0.3) is 0 Å². The average molecular weight is 502 g/mol. The van der Waals surface area contributed by atoms with Crippen molar-refractivity contribution in [2.45, 2.75) is 64.6 Å². The first-order valence-corrected chi connectivity index (χ1v) is 12.2. The van der Waals surface area contributed by atoms with E-state index in [-0.39, 0.29) is 47.2 Å². The summed E-state index contributed by atoms with van der Waals surface area (Å²) in [5.41, 5.74) is -0.823. The molecule has 0 spiro atoms. The van der Waals surface area contributed by atoms with E-state index in [0.717, 1.165) is 25.0 Å². The van der Waals surface area contributed by atoms with E-state index in [2.05, 4.69) is 5.32 Å². The number of pyridine rings is 1.